The van der Waals surface area contributed by atoms with E-state index in [0.29, 0.717) is 11.1 Å². The van der Waals surface area contributed by atoms with E-state index < -0.39 is 5.91 Å². The first-order valence-electron chi connectivity index (χ1n) is 5.61. The molecule has 2 heterocycles. The molecule has 0 spiro atoms. The maximum Gasteiger partial charge on any atom is 0.266 e. The zero-order chi connectivity index (χ0) is 13.4. The summed E-state index contributed by atoms with van der Waals surface area (Å²) < 4.78 is 0. The van der Waals surface area contributed by atoms with Crippen LogP contribution in [0.3, 0.4) is 0 Å². The molecule has 3 rings (SSSR count). The maximum absolute atomic E-state index is 12.3. The third-order valence-electron chi connectivity index (χ3n) is 3.01. The summed E-state index contributed by atoms with van der Waals surface area (Å²) in [7, 11) is 0. The Labute approximate surface area is 108 Å². The Bertz CT molecular complexity index is 726. The van der Waals surface area contributed by atoms with Crippen LogP contribution in [0.4, 0.5) is 5.82 Å². The fourth-order valence-electron chi connectivity index (χ4n) is 2.12. The number of hydrogen-bond acceptors (Lipinski definition) is 4. The lowest BCUT2D eigenvalue weighted by Crippen LogP contribution is -2.43. The number of rotatable bonds is 1. The number of amides is 2. The lowest BCUT2D eigenvalue weighted by molar-refractivity contribution is -0.117. The van der Waals surface area contributed by atoms with Crippen LogP contribution in [0.15, 0.2) is 30.5 Å². The first-order valence-corrected chi connectivity index (χ1v) is 5.61. The average molecular weight is 252 g/mol. The van der Waals surface area contributed by atoms with Crippen molar-refractivity contribution in [1.82, 2.24) is 10.2 Å². The molecule has 2 aromatic rings. The van der Waals surface area contributed by atoms with Crippen LogP contribution in [0.2, 0.25) is 0 Å². The van der Waals surface area contributed by atoms with Crippen molar-refractivity contribution in [1.29, 1.82) is 5.26 Å². The Kier molecular flexibility index (Phi) is 2.39. The molecule has 19 heavy (non-hydrogen) atoms. The van der Waals surface area contributed by atoms with Crippen molar-refractivity contribution in [2.75, 3.05) is 4.90 Å². The lowest BCUT2D eigenvalue weighted by atomic mass is 9.98. The van der Waals surface area contributed by atoms with Gasteiger partial charge >= 0.3 is 0 Å². The number of carbonyl (C=O) groups is 2. The van der Waals surface area contributed by atoms with Gasteiger partial charge in [0.2, 0.25) is 5.91 Å². The van der Waals surface area contributed by atoms with E-state index in [2.05, 4.69) is 10.2 Å². The van der Waals surface area contributed by atoms with Gasteiger partial charge in [-0.1, -0.05) is 18.2 Å². The quantitative estimate of drug-likeness (QED) is 0.767. The molecule has 92 valence electrons. The van der Waals surface area contributed by atoms with Gasteiger partial charge in [-0.05, 0) is 11.6 Å². The largest absolute Gasteiger partial charge is 0.274 e. The molecular weight excluding hydrogens is 244 g/mol. The summed E-state index contributed by atoms with van der Waals surface area (Å²) in [5.41, 5.74) is 1.34. The Morgan fingerprint density at radius 3 is 2.89 bits per heavy atom. The Morgan fingerprint density at radius 2 is 2.11 bits per heavy atom. The number of benzene rings is 1. The van der Waals surface area contributed by atoms with Crippen LogP contribution in [0.5, 0.6) is 0 Å². The third kappa shape index (κ3) is 1.60. The van der Waals surface area contributed by atoms with Crippen LogP contribution in [0.25, 0.3) is 0 Å². The molecule has 0 radical (unpaired) electrons. The Balaban J connectivity index is 2.13. The first kappa shape index (κ1) is 11.2. The molecule has 1 aromatic heterocycles. The molecule has 0 atom stereocenters. The van der Waals surface area contributed by atoms with Gasteiger partial charge < -0.3 is 0 Å². The molecule has 1 aromatic carbocycles. The number of aromatic amines is 1. The van der Waals surface area contributed by atoms with Gasteiger partial charge in [0.15, 0.2) is 5.82 Å². The number of aromatic nitrogens is 2. The van der Waals surface area contributed by atoms with Crippen molar-refractivity contribution in [2.24, 2.45) is 0 Å². The fourth-order valence-corrected chi connectivity index (χ4v) is 2.12. The number of nitrogens with one attached hydrogen (secondary N) is 1. The monoisotopic (exact) mass is 252 g/mol. The van der Waals surface area contributed by atoms with Crippen LogP contribution >= 0.6 is 0 Å². The van der Waals surface area contributed by atoms with Crippen LogP contribution in [0.1, 0.15) is 21.5 Å². The molecule has 6 nitrogen and oxygen atoms in total. The van der Waals surface area contributed by atoms with E-state index in [-0.39, 0.29) is 23.7 Å². The van der Waals surface area contributed by atoms with Crippen LogP contribution in [-0.4, -0.2) is 22.0 Å². The van der Waals surface area contributed by atoms with Gasteiger partial charge in [0.05, 0.1) is 12.6 Å². The SMILES string of the molecule is N#Cc1cn[nH]c1N1C(=O)Cc2ccccc2C1=O. The van der Waals surface area contributed by atoms with Crippen LogP contribution in [0, 0.1) is 11.3 Å². The molecule has 0 bridgehead atoms. The summed E-state index contributed by atoms with van der Waals surface area (Å²) in [6, 6.07) is 8.84. The zero-order valence-electron chi connectivity index (χ0n) is 9.75. The number of anilines is 1. The number of nitriles is 1. The van der Waals surface area contributed by atoms with E-state index >= 15 is 0 Å². The third-order valence-corrected chi connectivity index (χ3v) is 3.01. The predicted molar refractivity (Wildman–Crippen MR) is 65.3 cm³/mol. The van der Waals surface area contributed by atoms with E-state index in [1.54, 1.807) is 24.3 Å². The van der Waals surface area contributed by atoms with Gasteiger partial charge in [0.25, 0.3) is 5.91 Å². The topological polar surface area (TPSA) is 89.8 Å². The standard InChI is InChI=1S/C13H8N4O2/c14-6-9-7-15-16-12(9)17-11(18)5-8-3-1-2-4-10(8)13(17)19/h1-4,7H,5H2,(H,15,16). The van der Waals surface area contributed by atoms with Gasteiger partial charge in [-0.25, -0.2) is 4.90 Å². The van der Waals surface area contributed by atoms with E-state index in [4.69, 9.17) is 5.26 Å². The fraction of sp³-hybridized carbons (Fsp3) is 0.0769. The lowest BCUT2D eigenvalue weighted by Gasteiger charge is -2.25. The van der Waals surface area contributed by atoms with E-state index in [1.165, 1.54) is 6.20 Å². The maximum atomic E-state index is 12.3. The highest BCUT2D eigenvalue weighted by atomic mass is 16.2. The minimum absolute atomic E-state index is 0.131. The van der Waals surface area contributed by atoms with Gasteiger partial charge in [0.1, 0.15) is 11.6 Å². The van der Waals surface area contributed by atoms with Crippen molar-refractivity contribution in [3.05, 3.63) is 47.2 Å². The number of H-pyrrole nitrogens is 1. The molecule has 1 aliphatic rings. The number of nitrogens with zero attached hydrogens (tertiary/aromatic N) is 3. The molecule has 0 unspecified atom stereocenters. The average Bonchev–Trinajstić information content (AvgIpc) is 2.87. The predicted octanol–water partition coefficient (Wildman–Crippen LogP) is 1.01. The van der Waals surface area contributed by atoms with Gasteiger partial charge in [-0.3, -0.25) is 14.7 Å². The van der Waals surface area contributed by atoms with Crippen molar-refractivity contribution < 1.29 is 9.59 Å². The highest BCUT2D eigenvalue weighted by molar-refractivity contribution is 6.24. The second-order valence-electron chi connectivity index (χ2n) is 4.11. The first-order chi connectivity index (χ1) is 9.22. The smallest absolute Gasteiger partial charge is 0.266 e. The summed E-state index contributed by atoms with van der Waals surface area (Å²) in [5, 5.41) is 15.2. The molecule has 0 aliphatic carbocycles. The minimum Gasteiger partial charge on any atom is -0.274 e. The molecule has 1 N–H and O–H groups in total. The summed E-state index contributed by atoms with van der Waals surface area (Å²) in [5.74, 6) is -0.677. The molecule has 2 amide bonds. The highest BCUT2D eigenvalue weighted by Crippen LogP contribution is 2.25. The van der Waals surface area contributed by atoms with E-state index in [0.717, 1.165) is 4.90 Å². The van der Waals surface area contributed by atoms with Crippen molar-refractivity contribution >= 4 is 17.6 Å². The molecule has 6 heteroatoms. The van der Waals surface area contributed by atoms with Gasteiger partial charge in [-0.2, -0.15) is 10.4 Å². The van der Waals surface area contributed by atoms with Gasteiger partial charge in [0, 0.05) is 5.56 Å². The van der Waals surface area contributed by atoms with Crippen LogP contribution in [-0.2, 0) is 11.2 Å². The van der Waals surface area contributed by atoms with Crippen LogP contribution < -0.4 is 4.90 Å². The molecule has 0 saturated heterocycles. The Hall–Kier alpha value is -2.94. The summed E-state index contributed by atoms with van der Waals surface area (Å²) in [6.07, 6.45) is 1.42. The van der Waals surface area contributed by atoms with E-state index in [9.17, 15) is 9.59 Å². The molecule has 0 saturated carbocycles. The number of hydrogen-bond donors (Lipinski definition) is 1. The number of imide groups is 1. The summed E-state index contributed by atoms with van der Waals surface area (Å²) in [6.45, 7) is 0. The second-order valence-corrected chi connectivity index (χ2v) is 4.11. The van der Waals surface area contributed by atoms with Crippen molar-refractivity contribution in [3.8, 4) is 6.07 Å². The second kappa shape index (κ2) is 4.07. The molecular formula is C13H8N4O2. The number of fused-ring (bicyclic) bond motifs is 1. The summed E-state index contributed by atoms with van der Waals surface area (Å²) in [4.78, 5) is 25.4. The highest BCUT2D eigenvalue weighted by Gasteiger charge is 2.34. The Morgan fingerprint density at radius 1 is 1.32 bits per heavy atom. The normalized spacial score (nSPS) is 14.2. The van der Waals surface area contributed by atoms with Crippen molar-refractivity contribution in [3.63, 3.8) is 0 Å². The van der Waals surface area contributed by atoms with Crippen molar-refractivity contribution in [2.45, 2.75) is 6.42 Å². The molecule has 0 fully saturated rings. The summed E-state index contributed by atoms with van der Waals surface area (Å²) >= 11 is 0. The van der Waals surface area contributed by atoms with Gasteiger partial charge in [-0.15, -0.1) is 0 Å². The molecule has 1 aliphatic heterocycles. The minimum atomic E-state index is -0.437. The number of carbonyl (C=O) groups excluding carboxylic acids is 2. The van der Waals surface area contributed by atoms with E-state index in [1.807, 2.05) is 6.07 Å². The zero-order valence-corrected chi connectivity index (χ0v) is 9.75.